The van der Waals surface area contributed by atoms with Crippen LogP contribution in [0.4, 0.5) is 0 Å². The van der Waals surface area contributed by atoms with Crippen LogP contribution in [0.2, 0.25) is 0 Å². The number of carbonyl (C=O) groups is 2. The van der Waals surface area contributed by atoms with Crippen molar-refractivity contribution in [1.29, 1.82) is 0 Å². The van der Waals surface area contributed by atoms with Gasteiger partial charge in [0.15, 0.2) is 0 Å². The minimum absolute atomic E-state index is 0.00456. The van der Waals surface area contributed by atoms with E-state index in [1.165, 1.54) is 4.57 Å². The average molecular weight is 339 g/mol. The number of hydrogen-bond donors (Lipinski definition) is 2. The van der Waals surface area contributed by atoms with Gasteiger partial charge in [-0.1, -0.05) is 31.0 Å². The highest BCUT2D eigenvalue weighted by Crippen LogP contribution is 2.35. The van der Waals surface area contributed by atoms with Gasteiger partial charge in [-0.15, -0.1) is 0 Å². The molecule has 0 unspecified atom stereocenters. The standard InChI is InChI=1S/C19H21N3O3/c23-16-11-19(9-4-3-7-15(19)20-16)21-17(24)12-22-10-8-13-5-1-2-6-14(13)18(22)25/h1-2,5-6,8,10,15H,3-4,7,9,11-12H2,(H,20,23)(H,21,24)/t15-,19+/m0/s1. The maximum atomic E-state index is 12.6. The number of carbonyl (C=O) groups excluding carboxylic acids is 2. The molecule has 1 aromatic carbocycles. The van der Waals surface area contributed by atoms with Gasteiger partial charge in [0.1, 0.15) is 6.54 Å². The second kappa shape index (κ2) is 6.02. The van der Waals surface area contributed by atoms with E-state index in [-0.39, 0.29) is 30.0 Å². The van der Waals surface area contributed by atoms with Crippen LogP contribution in [0, 0.1) is 0 Å². The highest BCUT2D eigenvalue weighted by atomic mass is 16.2. The van der Waals surface area contributed by atoms with Crippen molar-refractivity contribution >= 4 is 22.6 Å². The third kappa shape index (κ3) is 2.81. The third-order valence-electron chi connectivity index (χ3n) is 5.43. The lowest BCUT2D eigenvalue weighted by Gasteiger charge is -2.38. The van der Waals surface area contributed by atoms with Crippen molar-refractivity contribution in [1.82, 2.24) is 15.2 Å². The van der Waals surface area contributed by atoms with E-state index >= 15 is 0 Å². The maximum absolute atomic E-state index is 12.6. The molecule has 0 bridgehead atoms. The monoisotopic (exact) mass is 339 g/mol. The van der Waals surface area contributed by atoms with Crippen LogP contribution in [-0.2, 0) is 16.1 Å². The van der Waals surface area contributed by atoms with Crippen LogP contribution in [0.25, 0.3) is 10.8 Å². The molecule has 1 saturated heterocycles. The summed E-state index contributed by atoms with van der Waals surface area (Å²) in [6.07, 6.45) is 5.74. The molecule has 1 aliphatic heterocycles. The number of nitrogens with one attached hydrogen (secondary N) is 2. The summed E-state index contributed by atoms with van der Waals surface area (Å²) >= 11 is 0. The van der Waals surface area contributed by atoms with Crippen LogP contribution < -0.4 is 16.2 Å². The molecule has 0 radical (unpaired) electrons. The van der Waals surface area contributed by atoms with Crippen molar-refractivity contribution in [3.8, 4) is 0 Å². The molecule has 25 heavy (non-hydrogen) atoms. The Kier molecular flexibility index (Phi) is 3.82. The topological polar surface area (TPSA) is 80.2 Å². The lowest BCUT2D eigenvalue weighted by atomic mass is 9.78. The zero-order valence-electron chi connectivity index (χ0n) is 14.0. The zero-order chi connectivity index (χ0) is 17.4. The molecule has 6 nitrogen and oxygen atoms in total. The lowest BCUT2D eigenvalue weighted by molar-refractivity contribution is -0.124. The molecule has 2 heterocycles. The van der Waals surface area contributed by atoms with E-state index in [0.29, 0.717) is 11.8 Å². The molecule has 2 fully saturated rings. The highest BCUT2D eigenvalue weighted by Gasteiger charge is 2.48. The fraction of sp³-hybridized carbons (Fsp3) is 0.421. The van der Waals surface area contributed by atoms with Crippen molar-refractivity contribution in [2.75, 3.05) is 0 Å². The SMILES string of the molecule is O=C1C[C@]2(NC(=O)Cn3ccc4ccccc4c3=O)CCCC[C@@H]2N1. The molecule has 1 saturated carbocycles. The first-order valence-corrected chi connectivity index (χ1v) is 8.76. The van der Waals surface area contributed by atoms with E-state index in [0.717, 1.165) is 31.1 Å². The predicted molar refractivity (Wildman–Crippen MR) is 94.1 cm³/mol. The van der Waals surface area contributed by atoms with Gasteiger partial charge in [0, 0.05) is 11.6 Å². The summed E-state index contributed by atoms with van der Waals surface area (Å²) in [6, 6.07) is 9.18. The molecule has 4 rings (SSSR count). The van der Waals surface area contributed by atoms with Gasteiger partial charge >= 0.3 is 0 Å². The van der Waals surface area contributed by atoms with Crippen LogP contribution in [0.3, 0.4) is 0 Å². The van der Waals surface area contributed by atoms with Gasteiger partial charge in [-0.3, -0.25) is 14.4 Å². The molecular weight excluding hydrogens is 318 g/mol. The highest BCUT2D eigenvalue weighted by molar-refractivity contribution is 5.85. The van der Waals surface area contributed by atoms with Crippen LogP contribution in [0.15, 0.2) is 41.3 Å². The molecule has 2 aromatic rings. The molecule has 1 aromatic heterocycles. The van der Waals surface area contributed by atoms with E-state index in [1.807, 2.05) is 24.3 Å². The molecule has 130 valence electrons. The predicted octanol–water partition coefficient (Wildman–Crippen LogP) is 1.32. The Morgan fingerprint density at radius 2 is 2.08 bits per heavy atom. The maximum Gasteiger partial charge on any atom is 0.258 e. The Labute approximate surface area is 145 Å². The Morgan fingerprint density at radius 1 is 1.24 bits per heavy atom. The summed E-state index contributed by atoms with van der Waals surface area (Å²) in [6.45, 7) is -0.0354. The normalized spacial score (nSPS) is 25.4. The first-order chi connectivity index (χ1) is 12.1. The Bertz CT molecular complexity index is 904. The van der Waals surface area contributed by atoms with E-state index in [1.54, 1.807) is 12.3 Å². The van der Waals surface area contributed by atoms with E-state index in [4.69, 9.17) is 0 Å². The summed E-state index contributed by atoms with van der Waals surface area (Å²) in [4.78, 5) is 37.0. The number of pyridine rings is 1. The van der Waals surface area contributed by atoms with Gasteiger partial charge in [-0.05, 0) is 30.4 Å². The minimum Gasteiger partial charge on any atom is -0.351 e. The summed E-state index contributed by atoms with van der Waals surface area (Å²) < 4.78 is 1.43. The van der Waals surface area contributed by atoms with Gasteiger partial charge in [0.05, 0.1) is 18.0 Å². The summed E-state index contributed by atoms with van der Waals surface area (Å²) in [5.74, 6) is -0.226. The Morgan fingerprint density at radius 3 is 2.96 bits per heavy atom. The molecule has 2 atom stereocenters. The number of hydrogen-bond acceptors (Lipinski definition) is 3. The minimum atomic E-state index is -0.493. The second-order valence-electron chi connectivity index (χ2n) is 7.08. The molecule has 2 N–H and O–H groups in total. The number of rotatable bonds is 3. The Hall–Kier alpha value is -2.63. The van der Waals surface area contributed by atoms with E-state index < -0.39 is 5.54 Å². The van der Waals surface area contributed by atoms with Crippen molar-refractivity contribution in [2.24, 2.45) is 0 Å². The second-order valence-corrected chi connectivity index (χ2v) is 7.08. The summed E-state index contributed by atoms with van der Waals surface area (Å²) in [7, 11) is 0. The van der Waals surface area contributed by atoms with Crippen LogP contribution >= 0.6 is 0 Å². The number of fused-ring (bicyclic) bond motifs is 2. The summed E-state index contributed by atoms with van der Waals surface area (Å²) in [5.41, 5.74) is -0.668. The average Bonchev–Trinajstić information content (AvgIpc) is 2.93. The summed E-state index contributed by atoms with van der Waals surface area (Å²) in [5, 5.41) is 7.51. The van der Waals surface area contributed by atoms with Gasteiger partial charge in [0.2, 0.25) is 11.8 Å². The number of aromatic nitrogens is 1. The number of nitrogens with zero attached hydrogens (tertiary/aromatic N) is 1. The molecule has 1 aliphatic carbocycles. The van der Waals surface area contributed by atoms with Gasteiger partial charge in [-0.25, -0.2) is 0 Å². The van der Waals surface area contributed by atoms with Crippen LogP contribution in [0.5, 0.6) is 0 Å². The first-order valence-electron chi connectivity index (χ1n) is 8.76. The van der Waals surface area contributed by atoms with Crippen LogP contribution in [0.1, 0.15) is 32.1 Å². The third-order valence-corrected chi connectivity index (χ3v) is 5.43. The number of amides is 2. The fourth-order valence-corrected chi connectivity index (χ4v) is 4.21. The van der Waals surface area contributed by atoms with Crippen molar-refractivity contribution in [2.45, 2.75) is 50.2 Å². The Balaban J connectivity index is 1.55. The lowest BCUT2D eigenvalue weighted by Crippen LogP contribution is -2.58. The van der Waals surface area contributed by atoms with Gasteiger partial charge in [0.25, 0.3) is 5.56 Å². The molecule has 2 aliphatic rings. The first kappa shape index (κ1) is 15.9. The van der Waals surface area contributed by atoms with Crippen molar-refractivity contribution < 1.29 is 9.59 Å². The van der Waals surface area contributed by atoms with Crippen LogP contribution in [-0.4, -0.2) is 28.0 Å². The molecular formula is C19H21N3O3. The smallest absolute Gasteiger partial charge is 0.258 e. The van der Waals surface area contributed by atoms with Crippen molar-refractivity contribution in [3.05, 3.63) is 46.9 Å². The fourth-order valence-electron chi connectivity index (χ4n) is 4.21. The quantitative estimate of drug-likeness (QED) is 0.885. The zero-order valence-corrected chi connectivity index (χ0v) is 14.0. The van der Waals surface area contributed by atoms with E-state index in [9.17, 15) is 14.4 Å². The van der Waals surface area contributed by atoms with E-state index in [2.05, 4.69) is 10.6 Å². The van der Waals surface area contributed by atoms with Gasteiger partial charge < -0.3 is 15.2 Å². The molecule has 2 amide bonds. The van der Waals surface area contributed by atoms with Crippen molar-refractivity contribution in [3.63, 3.8) is 0 Å². The largest absolute Gasteiger partial charge is 0.351 e. The molecule has 6 heteroatoms. The van der Waals surface area contributed by atoms with Gasteiger partial charge in [-0.2, -0.15) is 0 Å². The number of benzene rings is 1. The molecule has 0 spiro atoms.